The summed E-state index contributed by atoms with van der Waals surface area (Å²) < 4.78 is 5.41. The molecular weight excluding hydrogens is 324 g/mol. The van der Waals surface area contributed by atoms with Crippen molar-refractivity contribution in [3.8, 4) is 0 Å². The number of rotatable bonds is 6. The maximum atomic E-state index is 13.3. The van der Waals surface area contributed by atoms with E-state index in [0.717, 1.165) is 37.6 Å². The summed E-state index contributed by atoms with van der Waals surface area (Å²) in [5.74, 6) is 0.153. The first-order valence-corrected chi connectivity index (χ1v) is 9.19. The molecule has 0 aromatic heterocycles. The first-order valence-electron chi connectivity index (χ1n) is 9.19. The lowest BCUT2D eigenvalue weighted by molar-refractivity contribution is 0.0719. The highest BCUT2D eigenvalue weighted by Crippen LogP contribution is 2.25. The number of ether oxygens (including phenoxy) is 1. The Morgan fingerprint density at radius 3 is 2.23 bits per heavy atom. The number of carbonyl (C=O) groups excluding carboxylic acids is 1. The zero-order valence-electron chi connectivity index (χ0n) is 15.9. The van der Waals surface area contributed by atoms with E-state index in [2.05, 4.69) is 29.2 Å². The summed E-state index contributed by atoms with van der Waals surface area (Å²) in [6.07, 6.45) is 0.685. The van der Waals surface area contributed by atoms with E-state index in [1.807, 2.05) is 56.3 Å². The monoisotopic (exact) mass is 352 g/mol. The maximum Gasteiger partial charge on any atom is 0.183 e. The van der Waals surface area contributed by atoms with Gasteiger partial charge in [-0.1, -0.05) is 30.3 Å². The molecule has 1 heterocycles. The summed E-state index contributed by atoms with van der Waals surface area (Å²) in [5, 5.41) is 0. The molecule has 1 fully saturated rings. The lowest BCUT2D eigenvalue weighted by Crippen LogP contribution is -2.50. The highest BCUT2D eigenvalue weighted by Gasteiger charge is 2.36. The highest BCUT2D eigenvalue weighted by atomic mass is 16.5. The number of carbonyl (C=O) groups is 1. The molecule has 0 bridgehead atoms. The summed E-state index contributed by atoms with van der Waals surface area (Å²) in [6, 6.07) is 18.2. The Balaban J connectivity index is 1.80. The van der Waals surface area contributed by atoms with Crippen LogP contribution in [0.1, 0.15) is 22.8 Å². The zero-order valence-corrected chi connectivity index (χ0v) is 15.9. The number of benzene rings is 2. The quantitative estimate of drug-likeness (QED) is 0.747. The van der Waals surface area contributed by atoms with Crippen LogP contribution >= 0.6 is 0 Å². The van der Waals surface area contributed by atoms with Gasteiger partial charge in [0, 0.05) is 24.3 Å². The van der Waals surface area contributed by atoms with Gasteiger partial charge in [0.15, 0.2) is 5.78 Å². The van der Waals surface area contributed by atoms with Crippen LogP contribution in [-0.2, 0) is 11.2 Å². The van der Waals surface area contributed by atoms with Crippen molar-refractivity contribution >= 4 is 11.5 Å². The first-order chi connectivity index (χ1) is 12.5. The summed E-state index contributed by atoms with van der Waals surface area (Å²) >= 11 is 0. The molecule has 2 aromatic carbocycles. The fourth-order valence-electron chi connectivity index (χ4n) is 3.39. The van der Waals surface area contributed by atoms with Gasteiger partial charge < -0.3 is 9.64 Å². The molecule has 0 spiro atoms. The molecule has 1 aliphatic rings. The Morgan fingerprint density at radius 2 is 1.65 bits per heavy atom. The molecule has 0 N–H and O–H groups in total. The van der Waals surface area contributed by atoms with Crippen LogP contribution in [0.15, 0.2) is 54.6 Å². The van der Waals surface area contributed by atoms with Gasteiger partial charge in [0.25, 0.3) is 0 Å². The van der Waals surface area contributed by atoms with Crippen molar-refractivity contribution in [2.24, 2.45) is 0 Å². The number of anilines is 1. The van der Waals surface area contributed by atoms with Gasteiger partial charge in [-0.05, 0) is 57.3 Å². The average Bonchev–Trinajstić information content (AvgIpc) is 2.69. The van der Waals surface area contributed by atoms with E-state index in [9.17, 15) is 4.79 Å². The van der Waals surface area contributed by atoms with Crippen molar-refractivity contribution in [2.75, 3.05) is 45.3 Å². The van der Waals surface area contributed by atoms with Crippen LogP contribution in [0.2, 0.25) is 0 Å². The van der Waals surface area contributed by atoms with E-state index in [0.29, 0.717) is 6.42 Å². The Bertz CT molecular complexity index is 722. The molecule has 4 heteroatoms. The zero-order chi connectivity index (χ0) is 18.6. The van der Waals surface area contributed by atoms with Gasteiger partial charge in [0.2, 0.25) is 0 Å². The molecule has 0 saturated carbocycles. The van der Waals surface area contributed by atoms with Crippen LogP contribution in [0.25, 0.3) is 0 Å². The smallest absolute Gasteiger partial charge is 0.183 e. The molecule has 1 unspecified atom stereocenters. The Morgan fingerprint density at radius 1 is 1.04 bits per heavy atom. The fourth-order valence-corrected chi connectivity index (χ4v) is 3.39. The van der Waals surface area contributed by atoms with E-state index in [-0.39, 0.29) is 5.78 Å². The molecule has 3 rings (SSSR count). The fraction of sp³-hybridized carbons (Fsp3) is 0.409. The summed E-state index contributed by atoms with van der Waals surface area (Å²) in [5.41, 5.74) is 2.50. The molecule has 0 radical (unpaired) electrons. The third-order valence-electron chi connectivity index (χ3n) is 5.37. The van der Waals surface area contributed by atoms with Crippen molar-refractivity contribution in [1.29, 1.82) is 0 Å². The normalized spacial score (nSPS) is 17.2. The van der Waals surface area contributed by atoms with Crippen molar-refractivity contribution in [3.63, 3.8) is 0 Å². The number of Topliss-reactive ketones (excluding diaryl/α,β-unsaturated/α-hetero) is 1. The minimum absolute atomic E-state index is 0.153. The first kappa shape index (κ1) is 18.6. The molecule has 4 nitrogen and oxygen atoms in total. The summed E-state index contributed by atoms with van der Waals surface area (Å²) in [6.45, 7) is 5.35. The second-order valence-electron chi connectivity index (χ2n) is 7.31. The van der Waals surface area contributed by atoms with Crippen molar-refractivity contribution < 1.29 is 9.53 Å². The number of nitrogens with zero attached hydrogens (tertiary/aromatic N) is 2. The van der Waals surface area contributed by atoms with Gasteiger partial charge in [-0.25, -0.2) is 0 Å². The van der Waals surface area contributed by atoms with Crippen LogP contribution in [0.3, 0.4) is 0 Å². The highest BCUT2D eigenvalue weighted by molar-refractivity contribution is 6.03. The van der Waals surface area contributed by atoms with Gasteiger partial charge in [-0.15, -0.1) is 0 Å². The lowest BCUT2D eigenvalue weighted by Gasteiger charge is -2.35. The molecule has 26 heavy (non-hydrogen) atoms. The van der Waals surface area contributed by atoms with E-state index in [4.69, 9.17) is 4.74 Å². The number of hydrogen-bond acceptors (Lipinski definition) is 4. The van der Waals surface area contributed by atoms with Crippen molar-refractivity contribution in [2.45, 2.75) is 18.9 Å². The van der Waals surface area contributed by atoms with Crippen LogP contribution in [0, 0.1) is 0 Å². The van der Waals surface area contributed by atoms with Crippen molar-refractivity contribution in [1.82, 2.24) is 4.90 Å². The maximum absolute atomic E-state index is 13.3. The molecule has 138 valence electrons. The van der Waals surface area contributed by atoms with Gasteiger partial charge in [0.1, 0.15) is 0 Å². The predicted molar refractivity (Wildman–Crippen MR) is 106 cm³/mol. The molecule has 2 aromatic rings. The number of hydrogen-bond donors (Lipinski definition) is 0. The van der Waals surface area contributed by atoms with Crippen LogP contribution in [0.4, 0.5) is 5.69 Å². The van der Waals surface area contributed by atoms with Crippen LogP contribution < -0.4 is 4.90 Å². The Hall–Kier alpha value is -2.17. The van der Waals surface area contributed by atoms with Gasteiger partial charge in [0.05, 0.1) is 18.8 Å². The molecular formula is C22H28N2O2. The van der Waals surface area contributed by atoms with Gasteiger partial charge in [-0.3, -0.25) is 9.69 Å². The standard InChI is InChI=1S/C22H28N2O2/c1-22(23(2)3,17-18-7-5-4-6-8-18)21(25)19-9-11-20(12-10-19)24-13-15-26-16-14-24/h4-12H,13-17H2,1-3H3. The van der Waals surface area contributed by atoms with E-state index < -0.39 is 5.54 Å². The number of ketones is 1. The minimum Gasteiger partial charge on any atom is -0.378 e. The van der Waals surface area contributed by atoms with E-state index in [1.165, 1.54) is 5.56 Å². The molecule has 0 amide bonds. The number of morpholine rings is 1. The van der Waals surface area contributed by atoms with E-state index in [1.54, 1.807) is 0 Å². The summed E-state index contributed by atoms with van der Waals surface area (Å²) in [7, 11) is 3.95. The van der Waals surface area contributed by atoms with Gasteiger partial charge >= 0.3 is 0 Å². The molecule has 1 aliphatic heterocycles. The van der Waals surface area contributed by atoms with E-state index >= 15 is 0 Å². The Labute approximate surface area is 156 Å². The topological polar surface area (TPSA) is 32.8 Å². The SMILES string of the molecule is CN(C)C(C)(Cc1ccccc1)C(=O)c1ccc(N2CCOCC2)cc1. The predicted octanol–water partition coefficient (Wildman–Crippen LogP) is 3.27. The molecule has 1 atom stereocenters. The minimum atomic E-state index is -0.582. The van der Waals surface area contributed by atoms with Crippen LogP contribution in [-0.4, -0.2) is 56.6 Å². The van der Waals surface area contributed by atoms with Crippen molar-refractivity contribution in [3.05, 3.63) is 65.7 Å². The second-order valence-corrected chi connectivity index (χ2v) is 7.31. The second kappa shape index (κ2) is 8.02. The lowest BCUT2D eigenvalue weighted by atomic mass is 9.84. The Kier molecular flexibility index (Phi) is 5.74. The van der Waals surface area contributed by atoms with Gasteiger partial charge in [-0.2, -0.15) is 0 Å². The summed E-state index contributed by atoms with van der Waals surface area (Å²) in [4.78, 5) is 17.6. The van der Waals surface area contributed by atoms with Crippen LogP contribution in [0.5, 0.6) is 0 Å². The third kappa shape index (κ3) is 3.97. The molecule has 0 aliphatic carbocycles. The third-order valence-corrected chi connectivity index (χ3v) is 5.37. The number of likely N-dealkylation sites (N-methyl/N-ethyl adjacent to an activating group) is 1. The average molecular weight is 352 g/mol. The molecule has 1 saturated heterocycles. The largest absolute Gasteiger partial charge is 0.378 e.